The Morgan fingerprint density at radius 1 is 1.33 bits per heavy atom. The fourth-order valence-electron chi connectivity index (χ4n) is 1.90. The van der Waals surface area contributed by atoms with Gasteiger partial charge in [0.25, 0.3) is 5.56 Å². The zero-order valence-electron chi connectivity index (χ0n) is 12.0. The summed E-state index contributed by atoms with van der Waals surface area (Å²) in [5.74, 6) is -3.31. The number of hydrogen-bond acceptors (Lipinski definition) is 6. The molecule has 0 bridgehead atoms. The molecule has 0 unspecified atom stereocenters. The van der Waals surface area contributed by atoms with E-state index in [0.717, 1.165) is 15.9 Å². The minimum atomic E-state index is -1.21. The molecule has 2 heterocycles. The van der Waals surface area contributed by atoms with Gasteiger partial charge < -0.3 is 4.74 Å². The predicted octanol–water partition coefficient (Wildman–Crippen LogP) is 2.75. The van der Waals surface area contributed by atoms with Crippen molar-refractivity contribution in [3.63, 3.8) is 0 Å². The zero-order chi connectivity index (χ0) is 17.4. The number of carbonyl (C=O) groups excluding carboxylic acids is 1. The number of benzene rings is 1. The van der Waals surface area contributed by atoms with Gasteiger partial charge in [-0.15, -0.1) is 0 Å². The maximum atomic E-state index is 13.2. The Hall–Kier alpha value is -2.39. The third-order valence-electron chi connectivity index (χ3n) is 2.97. The molecule has 0 radical (unpaired) electrons. The van der Waals surface area contributed by atoms with Crippen molar-refractivity contribution in [3.05, 3.63) is 61.5 Å². The monoisotopic (exact) mass is 371 g/mol. The minimum Gasteiger partial charge on any atom is -0.455 e. The summed E-state index contributed by atoms with van der Waals surface area (Å²) in [6.07, 6.45) is 0. The van der Waals surface area contributed by atoms with Crippen LogP contribution in [0.4, 0.5) is 8.78 Å². The van der Waals surface area contributed by atoms with Gasteiger partial charge in [-0.2, -0.15) is 9.61 Å². The molecule has 0 atom stereocenters. The van der Waals surface area contributed by atoms with Crippen LogP contribution in [0.1, 0.15) is 21.1 Å². The lowest BCUT2D eigenvalue weighted by Crippen LogP contribution is -2.14. The summed E-state index contributed by atoms with van der Waals surface area (Å²) in [4.78, 5) is 28.2. The highest BCUT2D eigenvalue weighted by molar-refractivity contribution is 7.16. The second kappa shape index (κ2) is 6.25. The highest BCUT2D eigenvalue weighted by Gasteiger charge is 2.17. The summed E-state index contributed by atoms with van der Waals surface area (Å²) in [6, 6.07) is 2.68. The molecule has 6 nitrogen and oxygen atoms in total. The van der Waals surface area contributed by atoms with E-state index in [0.29, 0.717) is 27.8 Å². The summed E-state index contributed by atoms with van der Waals surface area (Å²) in [7, 11) is 0. The second-order valence-corrected chi connectivity index (χ2v) is 6.20. The van der Waals surface area contributed by atoms with Crippen LogP contribution in [0.25, 0.3) is 4.96 Å². The fourth-order valence-corrected chi connectivity index (χ4v) is 2.99. The summed E-state index contributed by atoms with van der Waals surface area (Å²) < 4.78 is 32.3. The first kappa shape index (κ1) is 16.5. The normalized spacial score (nSPS) is 11.0. The molecule has 0 N–H and O–H groups in total. The first-order valence-electron chi connectivity index (χ1n) is 6.53. The lowest BCUT2D eigenvalue weighted by molar-refractivity contribution is 0.0471. The molecule has 0 aliphatic heterocycles. The first-order chi connectivity index (χ1) is 11.3. The van der Waals surface area contributed by atoms with E-state index in [9.17, 15) is 18.4 Å². The number of hydrogen-bond donors (Lipinski definition) is 0. The van der Waals surface area contributed by atoms with Crippen LogP contribution in [0.3, 0.4) is 0 Å². The van der Waals surface area contributed by atoms with Crippen molar-refractivity contribution in [2.24, 2.45) is 0 Å². The SMILES string of the molecule is Cc1cc(=O)n2nc(COC(=O)c3cc(F)c(F)cc3Cl)sc2n1. The van der Waals surface area contributed by atoms with Crippen molar-refractivity contribution in [1.82, 2.24) is 14.6 Å². The highest BCUT2D eigenvalue weighted by atomic mass is 35.5. The van der Waals surface area contributed by atoms with Gasteiger partial charge in [0.2, 0.25) is 4.96 Å². The summed E-state index contributed by atoms with van der Waals surface area (Å²) >= 11 is 6.77. The molecule has 0 saturated heterocycles. The van der Waals surface area contributed by atoms with Crippen LogP contribution in [0.5, 0.6) is 0 Å². The van der Waals surface area contributed by atoms with E-state index < -0.39 is 17.6 Å². The van der Waals surface area contributed by atoms with E-state index in [2.05, 4.69) is 10.1 Å². The molecule has 24 heavy (non-hydrogen) atoms. The van der Waals surface area contributed by atoms with Crippen molar-refractivity contribution in [2.75, 3.05) is 0 Å². The third-order valence-corrected chi connectivity index (χ3v) is 4.17. The van der Waals surface area contributed by atoms with Crippen molar-refractivity contribution in [1.29, 1.82) is 0 Å². The second-order valence-electron chi connectivity index (χ2n) is 4.75. The zero-order valence-corrected chi connectivity index (χ0v) is 13.6. The molecule has 0 aliphatic rings. The van der Waals surface area contributed by atoms with Crippen LogP contribution >= 0.6 is 22.9 Å². The molecular weight excluding hydrogens is 364 g/mol. The van der Waals surface area contributed by atoms with Gasteiger partial charge in [-0.25, -0.2) is 18.6 Å². The minimum absolute atomic E-state index is 0.263. The first-order valence-corrected chi connectivity index (χ1v) is 7.72. The summed E-state index contributed by atoms with van der Waals surface area (Å²) in [6.45, 7) is 1.41. The van der Waals surface area contributed by atoms with Crippen molar-refractivity contribution >= 4 is 33.9 Å². The summed E-state index contributed by atoms with van der Waals surface area (Å²) in [5.41, 5.74) is -0.112. The number of aromatic nitrogens is 3. The topological polar surface area (TPSA) is 73.6 Å². The number of carbonyl (C=O) groups is 1. The standard InChI is InChI=1S/C14H8ClF2N3O3S/c1-6-2-12(21)20-14(18-6)24-11(19-20)5-23-13(22)7-3-9(16)10(17)4-8(7)15/h2-4H,5H2,1H3. The molecule has 3 aromatic rings. The summed E-state index contributed by atoms with van der Waals surface area (Å²) in [5, 5.41) is 4.04. The Balaban J connectivity index is 1.81. The Kier molecular flexibility index (Phi) is 4.29. The molecule has 3 rings (SSSR count). The van der Waals surface area contributed by atoms with E-state index in [1.165, 1.54) is 6.07 Å². The fraction of sp³-hybridized carbons (Fsp3) is 0.143. The number of aryl methyl sites for hydroxylation is 1. The third kappa shape index (κ3) is 3.13. The number of fused-ring (bicyclic) bond motifs is 1. The molecule has 124 valence electrons. The van der Waals surface area contributed by atoms with Gasteiger partial charge in [0.05, 0.1) is 10.6 Å². The molecular formula is C14H8ClF2N3O3S. The van der Waals surface area contributed by atoms with Gasteiger partial charge >= 0.3 is 5.97 Å². The lowest BCUT2D eigenvalue weighted by atomic mass is 10.2. The van der Waals surface area contributed by atoms with Gasteiger partial charge in [-0.1, -0.05) is 22.9 Å². The number of halogens is 3. The van der Waals surface area contributed by atoms with Gasteiger partial charge in [0.1, 0.15) is 6.61 Å². The molecule has 0 fully saturated rings. The molecule has 0 amide bonds. The number of nitrogens with zero attached hydrogens (tertiary/aromatic N) is 3. The quantitative estimate of drug-likeness (QED) is 0.523. The van der Waals surface area contributed by atoms with E-state index in [-0.39, 0.29) is 22.8 Å². The van der Waals surface area contributed by atoms with Gasteiger partial charge in [0, 0.05) is 11.8 Å². The van der Waals surface area contributed by atoms with Crippen molar-refractivity contribution in [3.8, 4) is 0 Å². The molecule has 2 aromatic heterocycles. The van der Waals surface area contributed by atoms with E-state index >= 15 is 0 Å². The van der Waals surface area contributed by atoms with Gasteiger partial charge in [-0.05, 0) is 19.1 Å². The van der Waals surface area contributed by atoms with E-state index in [4.69, 9.17) is 16.3 Å². The molecule has 10 heteroatoms. The highest BCUT2D eigenvalue weighted by Crippen LogP contribution is 2.21. The van der Waals surface area contributed by atoms with Crippen LogP contribution in [0.15, 0.2) is 23.0 Å². The number of esters is 1. The molecule has 0 aliphatic carbocycles. The van der Waals surface area contributed by atoms with Crippen LogP contribution in [0, 0.1) is 18.6 Å². The van der Waals surface area contributed by atoms with E-state index in [1.54, 1.807) is 6.92 Å². The molecule has 0 saturated carbocycles. The van der Waals surface area contributed by atoms with Crippen LogP contribution in [0.2, 0.25) is 5.02 Å². The van der Waals surface area contributed by atoms with Crippen LogP contribution in [-0.4, -0.2) is 20.6 Å². The Bertz CT molecular complexity index is 1020. The maximum absolute atomic E-state index is 13.2. The lowest BCUT2D eigenvalue weighted by Gasteiger charge is -2.05. The Morgan fingerprint density at radius 2 is 2.04 bits per heavy atom. The average molecular weight is 372 g/mol. The molecule has 1 aromatic carbocycles. The smallest absolute Gasteiger partial charge is 0.340 e. The molecule has 0 spiro atoms. The average Bonchev–Trinajstić information content (AvgIpc) is 2.91. The van der Waals surface area contributed by atoms with Gasteiger partial charge in [0.15, 0.2) is 16.6 Å². The van der Waals surface area contributed by atoms with Crippen LogP contribution < -0.4 is 5.56 Å². The van der Waals surface area contributed by atoms with Crippen LogP contribution in [-0.2, 0) is 11.3 Å². The Labute approximate surface area is 142 Å². The van der Waals surface area contributed by atoms with Crippen molar-refractivity contribution in [2.45, 2.75) is 13.5 Å². The number of rotatable bonds is 3. The largest absolute Gasteiger partial charge is 0.455 e. The predicted molar refractivity (Wildman–Crippen MR) is 82.4 cm³/mol. The van der Waals surface area contributed by atoms with Gasteiger partial charge in [-0.3, -0.25) is 4.79 Å². The number of ether oxygens (including phenoxy) is 1. The maximum Gasteiger partial charge on any atom is 0.340 e. The van der Waals surface area contributed by atoms with Crippen molar-refractivity contribution < 1.29 is 18.3 Å². The Morgan fingerprint density at radius 3 is 2.79 bits per heavy atom. The van der Waals surface area contributed by atoms with E-state index in [1.807, 2.05) is 0 Å².